The van der Waals surface area contributed by atoms with Crippen molar-refractivity contribution in [3.8, 4) is 0 Å². The fraction of sp³-hybridized carbons (Fsp3) is 0.389. The number of carbonyl (C=O) groups is 1. The van der Waals surface area contributed by atoms with Gasteiger partial charge in [0.1, 0.15) is 5.82 Å². The number of nitrogens with zero attached hydrogens (tertiary/aromatic N) is 4. The van der Waals surface area contributed by atoms with Gasteiger partial charge in [0.25, 0.3) is 5.91 Å². The molecule has 2 atom stereocenters. The van der Waals surface area contributed by atoms with E-state index in [-0.39, 0.29) is 17.8 Å². The molecule has 1 aromatic carbocycles. The normalized spacial score (nSPS) is 23.2. The molecule has 2 fully saturated rings. The molecular formula is C18H19FN4O. The Bertz CT molecular complexity index is 739. The largest absolute Gasteiger partial charge is 0.340 e. The minimum atomic E-state index is -0.368. The molecular weight excluding hydrogens is 307 g/mol. The van der Waals surface area contributed by atoms with Crippen LogP contribution in [0.25, 0.3) is 0 Å². The van der Waals surface area contributed by atoms with Crippen molar-refractivity contribution in [2.24, 2.45) is 5.92 Å². The van der Waals surface area contributed by atoms with Gasteiger partial charge in [-0.15, -0.1) is 0 Å². The van der Waals surface area contributed by atoms with Gasteiger partial charge in [-0.3, -0.25) is 4.79 Å². The lowest BCUT2D eigenvalue weighted by Crippen LogP contribution is -2.48. The Kier molecular flexibility index (Phi) is 3.88. The predicted octanol–water partition coefficient (Wildman–Crippen LogP) is 2.36. The van der Waals surface area contributed by atoms with Gasteiger partial charge < -0.3 is 9.80 Å². The Morgan fingerprint density at radius 1 is 1.12 bits per heavy atom. The Morgan fingerprint density at radius 2 is 1.96 bits per heavy atom. The first-order valence-corrected chi connectivity index (χ1v) is 8.31. The van der Waals surface area contributed by atoms with E-state index >= 15 is 0 Å². The van der Waals surface area contributed by atoms with E-state index in [9.17, 15) is 9.18 Å². The molecule has 2 aliphatic heterocycles. The SMILES string of the molecule is O=C(c1cccc(F)c1)N1CC[C@@H]2CN(c3ncccn3)CC[C@H]21. The van der Waals surface area contributed by atoms with Crippen LogP contribution in [-0.4, -0.2) is 46.5 Å². The minimum absolute atomic E-state index is 0.0635. The molecule has 1 amide bonds. The Hall–Kier alpha value is -2.50. The second kappa shape index (κ2) is 6.19. The number of amides is 1. The average molecular weight is 326 g/mol. The van der Waals surface area contributed by atoms with Crippen LogP contribution in [0.5, 0.6) is 0 Å². The average Bonchev–Trinajstić information content (AvgIpc) is 3.05. The third-order valence-corrected chi connectivity index (χ3v) is 5.00. The van der Waals surface area contributed by atoms with Gasteiger partial charge >= 0.3 is 0 Å². The van der Waals surface area contributed by atoms with Gasteiger partial charge in [0, 0.05) is 43.6 Å². The highest BCUT2D eigenvalue weighted by atomic mass is 19.1. The monoisotopic (exact) mass is 326 g/mol. The highest BCUT2D eigenvalue weighted by Gasteiger charge is 2.41. The maximum atomic E-state index is 13.4. The number of likely N-dealkylation sites (tertiary alicyclic amines) is 1. The zero-order chi connectivity index (χ0) is 16.5. The van der Waals surface area contributed by atoms with E-state index in [4.69, 9.17) is 0 Å². The summed E-state index contributed by atoms with van der Waals surface area (Å²) in [4.78, 5) is 25.5. The molecule has 1 aromatic heterocycles. The van der Waals surface area contributed by atoms with Gasteiger partial charge in [-0.1, -0.05) is 6.07 Å². The molecule has 0 spiro atoms. The molecule has 0 bridgehead atoms. The summed E-state index contributed by atoms with van der Waals surface area (Å²) < 4.78 is 13.4. The van der Waals surface area contributed by atoms with Crippen molar-refractivity contribution in [2.45, 2.75) is 18.9 Å². The molecule has 24 heavy (non-hydrogen) atoms. The molecule has 0 N–H and O–H groups in total. The molecule has 0 aliphatic carbocycles. The van der Waals surface area contributed by atoms with Crippen LogP contribution < -0.4 is 4.90 Å². The first-order chi connectivity index (χ1) is 11.7. The van der Waals surface area contributed by atoms with Gasteiger partial charge in [0.2, 0.25) is 5.95 Å². The van der Waals surface area contributed by atoms with Crippen molar-refractivity contribution >= 4 is 11.9 Å². The summed E-state index contributed by atoms with van der Waals surface area (Å²) in [5, 5.41) is 0. The molecule has 4 rings (SSSR count). The number of anilines is 1. The maximum Gasteiger partial charge on any atom is 0.254 e. The van der Waals surface area contributed by atoms with Gasteiger partial charge in [0.15, 0.2) is 0 Å². The first kappa shape index (κ1) is 15.1. The number of aromatic nitrogens is 2. The minimum Gasteiger partial charge on any atom is -0.340 e. The highest BCUT2D eigenvalue weighted by molar-refractivity contribution is 5.94. The van der Waals surface area contributed by atoms with Crippen molar-refractivity contribution < 1.29 is 9.18 Å². The van der Waals surface area contributed by atoms with Crippen LogP contribution in [0.1, 0.15) is 23.2 Å². The van der Waals surface area contributed by atoms with E-state index in [2.05, 4.69) is 14.9 Å². The number of rotatable bonds is 2. The smallest absolute Gasteiger partial charge is 0.254 e. The second-order valence-electron chi connectivity index (χ2n) is 6.41. The first-order valence-electron chi connectivity index (χ1n) is 8.31. The zero-order valence-electron chi connectivity index (χ0n) is 13.3. The van der Waals surface area contributed by atoms with Crippen molar-refractivity contribution in [1.82, 2.24) is 14.9 Å². The van der Waals surface area contributed by atoms with Crippen LogP contribution in [0.2, 0.25) is 0 Å². The third-order valence-electron chi connectivity index (χ3n) is 5.00. The van der Waals surface area contributed by atoms with Crippen molar-refractivity contribution in [2.75, 3.05) is 24.5 Å². The molecule has 0 saturated carbocycles. The van der Waals surface area contributed by atoms with E-state index < -0.39 is 0 Å². The van der Waals surface area contributed by atoms with Gasteiger partial charge in [-0.2, -0.15) is 0 Å². The summed E-state index contributed by atoms with van der Waals surface area (Å²) >= 11 is 0. The molecule has 124 valence electrons. The molecule has 3 heterocycles. The standard InChI is InChI=1S/C18H19FN4O/c19-15-4-1-3-13(11-15)17(24)23-10-5-14-12-22(9-6-16(14)23)18-20-7-2-8-21-18/h1-4,7-8,11,14,16H,5-6,9-10,12H2/t14-,16-/m1/s1. The van der Waals surface area contributed by atoms with Crippen LogP contribution in [-0.2, 0) is 0 Å². The lowest BCUT2D eigenvalue weighted by atomic mass is 9.93. The number of piperidine rings is 1. The lowest BCUT2D eigenvalue weighted by molar-refractivity contribution is 0.0703. The highest BCUT2D eigenvalue weighted by Crippen LogP contribution is 2.33. The summed E-state index contributed by atoms with van der Waals surface area (Å²) in [5.41, 5.74) is 0.435. The van der Waals surface area contributed by atoms with Crippen molar-refractivity contribution in [1.29, 1.82) is 0 Å². The van der Waals surface area contributed by atoms with E-state index in [0.717, 1.165) is 38.4 Å². The van der Waals surface area contributed by atoms with E-state index in [0.29, 0.717) is 11.5 Å². The summed E-state index contributed by atoms with van der Waals surface area (Å²) in [6, 6.07) is 7.99. The Balaban J connectivity index is 1.48. The van der Waals surface area contributed by atoms with E-state index in [1.807, 2.05) is 11.0 Å². The fourth-order valence-electron chi connectivity index (χ4n) is 3.86. The molecule has 2 saturated heterocycles. The van der Waals surface area contributed by atoms with Crippen LogP contribution in [0.3, 0.4) is 0 Å². The number of halogens is 1. The number of benzene rings is 1. The summed E-state index contributed by atoms with van der Waals surface area (Å²) in [7, 11) is 0. The van der Waals surface area contributed by atoms with Gasteiger partial charge in [-0.25, -0.2) is 14.4 Å². The summed E-state index contributed by atoms with van der Waals surface area (Å²) in [5.74, 6) is 0.741. The molecule has 2 aromatic rings. The number of carbonyl (C=O) groups excluding carboxylic acids is 1. The molecule has 0 unspecified atom stereocenters. The Labute approximate surface area is 140 Å². The van der Waals surface area contributed by atoms with Gasteiger partial charge in [-0.05, 0) is 43.0 Å². The van der Waals surface area contributed by atoms with Gasteiger partial charge in [0.05, 0.1) is 0 Å². The summed E-state index contributed by atoms with van der Waals surface area (Å²) in [6.45, 7) is 2.42. The van der Waals surface area contributed by atoms with Crippen molar-refractivity contribution in [3.05, 3.63) is 54.1 Å². The number of hydrogen-bond donors (Lipinski definition) is 0. The molecule has 6 heteroatoms. The van der Waals surface area contributed by atoms with E-state index in [1.165, 1.54) is 12.1 Å². The molecule has 0 radical (unpaired) electrons. The number of fused-ring (bicyclic) bond motifs is 1. The van der Waals surface area contributed by atoms with Crippen molar-refractivity contribution in [3.63, 3.8) is 0 Å². The zero-order valence-corrected chi connectivity index (χ0v) is 13.3. The maximum absolute atomic E-state index is 13.4. The Morgan fingerprint density at radius 3 is 2.75 bits per heavy atom. The second-order valence-corrected chi connectivity index (χ2v) is 6.41. The lowest BCUT2D eigenvalue weighted by Gasteiger charge is -2.37. The third kappa shape index (κ3) is 2.72. The molecule has 2 aliphatic rings. The topological polar surface area (TPSA) is 49.3 Å². The van der Waals surface area contributed by atoms with Crippen LogP contribution in [0, 0.1) is 11.7 Å². The van der Waals surface area contributed by atoms with Crippen LogP contribution in [0.4, 0.5) is 10.3 Å². The predicted molar refractivity (Wildman–Crippen MR) is 88.2 cm³/mol. The molecule has 5 nitrogen and oxygen atoms in total. The van der Waals surface area contributed by atoms with Crippen LogP contribution in [0.15, 0.2) is 42.7 Å². The van der Waals surface area contributed by atoms with Crippen LogP contribution >= 0.6 is 0 Å². The van der Waals surface area contributed by atoms with E-state index in [1.54, 1.807) is 24.5 Å². The summed E-state index contributed by atoms with van der Waals surface area (Å²) in [6.07, 6.45) is 5.37. The fourth-order valence-corrected chi connectivity index (χ4v) is 3.86. The quantitative estimate of drug-likeness (QED) is 0.850. The number of hydrogen-bond acceptors (Lipinski definition) is 4.